The van der Waals surface area contributed by atoms with E-state index in [0.717, 1.165) is 25.0 Å². The van der Waals surface area contributed by atoms with Crippen LogP contribution in [-0.4, -0.2) is 37.9 Å². The van der Waals surface area contributed by atoms with E-state index < -0.39 is 39.2 Å². The van der Waals surface area contributed by atoms with Gasteiger partial charge in [-0.2, -0.15) is 8.42 Å². The lowest BCUT2D eigenvalue weighted by Crippen LogP contribution is -2.36. The number of carbonyl (C=O) groups excluding carboxylic acids is 2. The normalized spacial score (nSPS) is 11.1. The number of hydrogen-bond acceptors (Lipinski definition) is 8. The highest BCUT2D eigenvalue weighted by Crippen LogP contribution is 2.22. The van der Waals surface area contributed by atoms with Crippen molar-refractivity contribution in [2.24, 2.45) is 0 Å². The first-order valence-electron chi connectivity index (χ1n) is 9.41. The van der Waals surface area contributed by atoms with Crippen LogP contribution in [0.1, 0.15) is 37.0 Å². The van der Waals surface area contributed by atoms with E-state index in [1.807, 2.05) is 13.8 Å². The molecule has 0 saturated carbocycles. The van der Waals surface area contributed by atoms with Gasteiger partial charge in [0, 0.05) is 18.2 Å². The van der Waals surface area contributed by atoms with Crippen molar-refractivity contribution in [1.82, 2.24) is 5.32 Å². The topological polar surface area (TPSA) is 142 Å². The van der Waals surface area contributed by atoms with Gasteiger partial charge in [0.2, 0.25) is 0 Å². The Hall–Kier alpha value is -3.47. The van der Waals surface area contributed by atoms with Crippen molar-refractivity contribution >= 4 is 27.7 Å². The summed E-state index contributed by atoms with van der Waals surface area (Å²) in [5.74, 6) is -1.27. The number of nitrogens with one attached hydrogen (secondary N) is 1. The standard InChI is InChI=1S/C20H22N2O8S/c1-3-15(4-2)21-19(23)13-29-20(24)14-8-10-17(11-9-14)30-31(27,28)18-7-5-6-16(12-18)22(25)26/h5-12,15H,3-4,13H2,1-2H3,(H,21,23). The molecule has 166 valence electrons. The third-order valence-corrected chi connectivity index (χ3v) is 5.54. The highest BCUT2D eigenvalue weighted by molar-refractivity contribution is 7.87. The molecular weight excluding hydrogens is 428 g/mol. The van der Waals surface area contributed by atoms with Crippen LogP contribution in [0.2, 0.25) is 0 Å². The van der Waals surface area contributed by atoms with Gasteiger partial charge in [0.25, 0.3) is 11.6 Å². The fourth-order valence-electron chi connectivity index (χ4n) is 2.55. The Balaban J connectivity index is 2.00. The number of non-ortho nitro benzene ring substituents is 1. The number of nitro benzene ring substituents is 1. The molecule has 0 unspecified atom stereocenters. The molecule has 0 saturated heterocycles. The zero-order valence-electron chi connectivity index (χ0n) is 16.9. The van der Waals surface area contributed by atoms with Gasteiger partial charge in [-0.3, -0.25) is 14.9 Å². The summed E-state index contributed by atoms with van der Waals surface area (Å²) in [5.41, 5.74) is -0.300. The number of nitro groups is 1. The predicted octanol–water partition coefficient (Wildman–Crippen LogP) is 2.82. The molecule has 0 atom stereocenters. The summed E-state index contributed by atoms with van der Waals surface area (Å²) >= 11 is 0. The van der Waals surface area contributed by atoms with Crippen LogP contribution < -0.4 is 9.50 Å². The van der Waals surface area contributed by atoms with E-state index in [9.17, 15) is 28.1 Å². The fraction of sp³-hybridized carbons (Fsp3) is 0.300. The third-order valence-electron chi connectivity index (χ3n) is 4.30. The molecule has 31 heavy (non-hydrogen) atoms. The maximum absolute atomic E-state index is 12.3. The summed E-state index contributed by atoms with van der Waals surface area (Å²) < 4.78 is 34.6. The van der Waals surface area contributed by atoms with E-state index in [4.69, 9.17) is 8.92 Å². The number of esters is 1. The number of hydrogen-bond donors (Lipinski definition) is 1. The molecule has 1 N–H and O–H groups in total. The average Bonchev–Trinajstić information content (AvgIpc) is 2.76. The second-order valence-electron chi connectivity index (χ2n) is 6.47. The molecule has 2 rings (SSSR count). The van der Waals surface area contributed by atoms with E-state index in [1.54, 1.807) is 0 Å². The molecule has 1 amide bonds. The largest absolute Gasteiger partial charge is 0.452 e. The molecule has 0 spiro atoms. The molecule has 0 bridgehead atoms. The van der Waals surface area contributed by atoms with Gasteiger partial charge in [-0.25, -0.2) is 4.79 Å². The highest BCUT2D eigenvalue weighted by Gasteiger charge is 2.20. The van der Waals surface area contributed by atoms with Gasteiger partial charge < -0.3 is 14.2 Å². The molecule has 0 aromatic heterocycles. The van der Waals surface area contributed by atoms with Crippen molar-refractivity contribution in [2.45, 2.75) is 37.6 Å². The number of rotatable bonds is 10. The highest BCUT2D eigenvalue weighted by atomic mass is 32.2. The molecule has 0 aliphatic rings. The quantitative estimate of drug-likeness (QED) is 0.252. The van der Waals surface area contributed by atoms with Gasteiger partial charge in [-0.1, -0.05) is 19.9 Å². The van der Waals surface area contributed by atoms with Gasteiger partial charge in [-0.15, -0.1) is 0 Å². The second kappa shape index (κ2) is 10.5. The molecule has 0 heterocycles. The summed E-state index contributed by atoms with van der Waals surface area (Å²) in [6.45, 7) is 3.43. The minimum absolute atomic E-state index is 0.00984. The van der Waals surface area contributed by atoms with Gasteiger partial charge in [0.15, 0.2) is 6.61 Å². The first-order chi connectivity index (χ1) is 14.7. The molecule has 2 aromatic carbocycles. The van der Waals surface area contributed by atoms with Gasteiger partial charge >= 0.3 is 16.1 Å². The second-order valence-corrected chi connectivity index (χ2v) is 8.02. The van der Waals surface area contributed by atoms with E-state index in [2.05, 4.69) is 5.32 Å². The Kier molecular flexibility index (Phi) is 8.08. The Labute approximate surface area is 179 Å². The van der Waals surface area contributed by atoms with E-state index in [0.29, 0.717) is 0 Å². The lowest BCUT2D eigenvalue weighted by atomic mass is 10.2. The van der Waals surface area contributed by atoms with Crippen LogP contribution in [0.3, 0.4) is 0 Å². The maximum Gasteiger partial charge on any atom is 0.339 e. The lowest BCUT2D eigenvalue weighted by molar-refractivity contribution is -0.385. The van der Waals surface area contributed by atoms with E-state index >= 15 is 0 Å². The zero-order chi connectivity index (χ0) is 23.0. The van der Waals surface area contributed by atoms with Crippen molar-refractivity contribution in [1.29, 1.82) is 0 Å². The molecule has 0 radical (unpaired) electrons. The van der Waals surface area contributed by atoms with Crippen LogP contribution in [0.4, 0.5) is 5.69 Å². The van der Waals surface area contributed by atoms with Crippen LogP contribution in [0.15, 0.2) is 53.4 Å². The van der Waals surface area contributed by atoms with Crippen molar-refractivity contribution in [3.63, 3.8) is 0 Å². The van der Waals surface area contributed by atoms with Gasteiger partial charge in [0.1, 0.15) is 10.6 Å². The first kappa shape index (κ1) is 23.8. The number of amides is 1. The number of benzene rings is 2. The molecule has 0 aliphatic heterocycles. The summed E-state index contributed by atoms with van der Waals surface area (Å²) in [7, 11) is -4.31. The van der Waals surface area contributed by atoms with Crippen molar-refractivity contribution < 1.29 is 31.9 Å². The number of nitrogens with zero attached hydrogens (tertiary/aromatic N) is 1. The van der Waals surface area contributed by atoms with E-state index in [1.165, 1.54) is 36.4 Å². The molecule has 0 fully saturated rings. The van der Waals surface area contributed by atoms with Gasteiger partial charge in [0.05, 0.1) is 10.5 Å². The van der Waals surface area contributed by atoms with Crippen LogP contribution in [0.25, 0.3) is 0 Å². The summed E-state index contributed by atoms with van der Waals surface area (Å²) in [5, 5.41) is 13.6. The van der Waals surface area contributed by atoms with Crippen LogP contribution in [0.5, 0.6) is 5.75 Å². The van der Waals surface area contributed by atoms with E-state index in [-0.39, 0.29) is 22.3 Å². The molecule has 10 nitrogen and oxygen atoms in total. The monoisotopic (exact) mass is 450 g/mol. The smallest absolute Gasteiger partial charge is 0.339 e. The zero-order valence-corrected chi connectivity index (χ0v) is 17.8. The van der Waals surface area contributed by atoms with Crippen LogP contribution >= 0.6 is 0 Å². The van der Waals surface area contributed by atoms with Crippen molar-refractivity contribution in [3.8, 4) is 5.75 Å². The predicted molar refractivity (Wildman–Crippen MR) is 110 cm³/mol. The Morgan fingerprint density at radius 1 is 1.10 bits per heavy atom. The molecule has 0 aliphatic carbocycles. The molecule has 11 heteroatoms. The SMILES string of the molecule is CCC(CC)NC(=O)COC(=O)c1ccc(OS(=O)(=O)c2cccc([N+](=O)[O-])c2)cc1. The maximum atomic E-state index is 12.3. The molecular formula is C20H22N2O8S. The van der Waals surface area contributed by atoms with Crippen LogP contribution in [0, 0.1) is 10.1 Å². The fourth-order valence-corrected chi connectivity index (χ4v) is 3.52. The lowest BCUT2D eigenvalue weighted by Gasteiger charge is -2.14. The summed E-state index contributed by atoms with van der Waals surface area (Å²) in [6, 6.07) is 9.46. The summed E-state index contributed by atoms with van der Waals surface area (Å²) in [4.78, 5) is 33.6. The first-order valence-corrected chi connectivity index (χ1v) is 10.8. The van der Waals surface area contributed by atoms with Crippen molar-refractivity contribution in [2.75, 3.05) is 6.61 Å². The Morgan fingerprint density at radius 3 is 2.32 bits per heavy atom. The van der Waals surface area contributed by atoms with Crippen molar-refractivity contribution in [3.05, 3.63) is 64.2 Å². The minimum atomic E-state index is -4.31. The third kappa shape index (κ3) is 6.78. The Bertz CT molecular complexity index is 1050. The number of carbonyl (C=O) groups is 2. The Morgan fingerprint density at radius 2 is 1.74 bits per heavy atom. The summed E-state index contributed by atoms with van der Waals surface area (Å²) in [6.07, 6.45) is 1.52. The average molecular weight is 450 g/mol. The van der Waals surface area contributed by atoms with Gasteiger partial charge in [-0.05, 0) is 43.2 Å². The number of ether oxygens (including phenoxy) is 1. The van der Waals surface area contributed by atoms with Crippen LogP contribution in [-0.2, 0) is 19.6 Å². The molecule has 2 aromatic rings. The minimum Gasteiger partial charge on any atom is -0.452 e.